The third-order valence-corrected chi connectivity index (χ3v) is 6.00. The van der Waals surface area contributed by atoms with Crippen LogP contribution in [0, 0.1) is 0 Å². The number of halogens is 1. The summed E-state index contributed by atoms with van der Waals surface area (Å²) in [5, 5.41) is 0.695. The van der Waals surface area contributed by atoms with Crippen LogP contribution in [0.15, 0.2) is 72.8 Å². The summed E-state index contributed by atoms with van der Waals surface area (Å²) in [6.07, 6.45) is 1.77. The van der Waals surface area contributed by atoms with Gasteiger partial charge in [-0.2, -0.15) is 0 Å². The number of hydrogen-bond acceptors (Lipinski definition) is 3. The second-order valence-electron chi connectivity index (χ2n) is 8.57. The molecule has 1 atom stereocenters. The maximum atomic E-state index is 6.18. The Bertz CT molecular complexity index is 1180. The summed E-state index contributed by atoms with van der Waals surface area (Å²) in [7, 11) is 0. The lowest BCUT2D eigenvalue weighted by Crippen LogP contribution is -2.13. The van der Waals surface area contributed by atoms with Crippen LogP contribution in [0.1, 0.15) is 57.0 Å². The van der Waals surface area contributed by atoms with Gasteiger partial charge in [-0.3, -0.25) is 0 Å². The first kappa shape index (κ1) is 23.2. The number of benzene rings is 3. The van der Waals surface area contributed by atoms with Crippen molar-refractivity contribution >= 4 is 22.6 Å². The van der Waals surface area contributed by atoms with E-state index >= 15 is 0 Å². The highest BCUT2D eigenvalue weighted by Crippen LogP contribution is 2.28. The fourth-order valence-corrected chi connectivity index (χ4v) is 4.18. The number of fused-ring (bicyclic) bond motifs is 1. The van der Waals surface area contributed by atoms with Crippen LogP contribution < -0.4 is 9.47 Å². The van der Waals surface area contributed by atoms with E-state index in [1.165, 1.54) is 5.56 Å². The molecule has 0 bridgehead atoms. The highest BCUT2D eigenvalue weighted by atomic mass is 35.5. The van der Waals surface area contributed by atoms with Gasteiger partial charge >= 0.3 is 0 Å². The molecule has 0 N–H and O–H groups in total. The Kier molecular flexibility index (Phi) is 7.56. The quantitative estimate of drug-likeness (QED) is 0.225. The zero-order valence-corrected chi connectivity index (χ0v) is 20.3. The number of hydrogen-bond donors (Lipinski definition) is 0. The number of unbranched alkanes of at least 4 members (excludes halogenated alkanes) is 1. The number of para-hydroxylation sites is 3. The Morgan fingerprint density at radius 3 is 2.39 bits per heavy atom. The lowest BCUT2D eigenvalue weighted by atomic mass is 10.0. The number of nitrogens with zero attached hydrogens (tertiary/aromatic N) is 2. The zero-order chi connectivity index (χ0) is 23.2. The highest BCUT2D eigenvalue weighted by molar-refractivity contribution is 6.30. The van der Waals surface area contributed by atoms with Crippen LogP contribution >= 0.6 is 11.6 Å². The van der Waals surface area contributed by atoms with Gasteiger partial charge in [0.05, 0.1) is 17.6 Å². The molecule has 4 nitrogen and oxygen atoms in total. The van der Waals surface area contributed by atoms with Gasteiger partial charge in [0.2, 0.25) is 0 Å². The second-order valence-corrected chi connectivity index (χ2v) is 9.01. The summed E-state index contributed by atoms with van der Waals surface area (Å²) in [6, 6.07) is 24.0. The van der Waals surface area contributed by atoms with Crippen LogP contribution in [0.2, 0.25) is 5.02 Å². The van der Waals surface area contributed by atoms with Gasteiger partial charge in [0, 0.05) is 11.6 Å². The van der Waals surface area contributed by atoms with Crippen molar-refractivity contribution in [3.63, 3.8) is 0 Å². The molecule has 5 heteroatoms. The van der Waals surface area contributed by atoms with E-state index < -0.39 is 0 Å². The van der Waals surface area contributed by atoms with Crippen molar-refractivity contribution in [2.45, 2.75) is 52.2 Å². The Morgan fingerprint density at radius 2 is 1.61 bits per heavy atom. The Balaban J connectivity index is 1.42. The Morgan fingerprint density at radius 1 is 0.879 bits per heavy atom. The van der Waals surface area contributed by atoms with Gasteiger partial charge < -0.3 is 14.0 Å². The molecule has 0 spiro atoms. The molecule has 0 aliphatic heterocycles. The molecule has 0 saturated carbocycles. The molecule has 1 unspecified atom stereocenters. The predicted octanol–water partition coefficient (Wildman–Crippen LogP) is 7.81. The van der Waals surface area contributed by atoms with Crippen LogP contribution in [-0.4, -0.2) is 16.2 Å². The molecule has 0 aliphatic carbocycles. The van der Waals surface area contributed by atoms with Gasteiger partial charge in [0.1, 0.15) is 11.5 Å². The fourth-order valence-electron chi connectivity index (χ4n) is 4.05. The Labute approximate surface area is 201 Å². The standard InChI is InChI=1S/C28H31ClN2O2/c1-20(2)24-10-4-7-13-27(24)32-19-9-8-18-31-26-12-6-5-11-25(26)30-28(31)21(3)33-23-16-14-22(29)15-17-23/h4-7,10-17,20-21H,8-9,18-19H2,1-3H3. The summed E-state index contributed by atoms with van der Waals surface area (Å²) in [6.45, 7) is 7.99. The van der Waals surface area contributed by atoms with Crippen LogP contribution in [0.3, 0.4) is 0 Å². The molecule has 4 rings (SSSR count). The van der Waals surface area contributed by atoms with E-state index in [9.17, 15) is 0 Å². The normalized spacial score (nSPS) is 12.3. The smallest absolute Gasteiger partial charge is 0.153 e. The molecule has 4 aromatic rings. The largest absolute Gasteiger partial charge is 0.493 e. The van der Waals surface area contributed by atoms with Crippen molar-refractivity contribution < 1.29 is 9.47 Å². The predicted molar refractivity (Wildman–Crippen MR) is 135 cm³/mol. The first-order valence-electron chi connectivity index (χ1n) is 11.6. The Hall–Kier alpha value is -2.98. The van der Waals surface area contributed by atoms with Gasteiger partial charge in [-0.1, -0.05) is 55.8 Å². The minimum Gasteiger partial charge on any atom is -0.493 e. The van der Waals surface area contributed by atoms with Crippen molar-refractivity contribution in [2.24, 2.45) is 0 Å². The maximum absolute atomic E-state index is 6.18. The van der Waals surface area contributed by atoms with E-state index in [0.717, 1.165) is 47.7 Å². The summed E-state index contributed by atoms with van der Waals surface area (Å²) in [5.41, 5.74) is 3.37. The lowest BCUT2D eigenvalue weighted by molar-refractivity contribution is 0.211. The van der Waals surface area contributed by atoms with E-state index in [-0.39, 0.29) is 6.10 Å². The molecular formula is C28H31ClN2O2. The van der Waals surface area contributed by atoms with Crippen molar-refractivity contribution in [3.05, 3.63) is 89.2 Å². The summed E-state index contributed by atoms with van der Waals surface area (Å²) >= 11 is 6.01. The molecule has 0 radical (unpaired) electrons. The fraction of sp³-hybridized carbons (Fsp3) is 0.321. The van der Waals surface area contributed by atoms with E-state index in [1.807, 2.05) is 43.3 Å². The van der Waals surface area contributed by atoms with Crippen LogP contribution in [0.4, 0.5) is 0 Å². The highest BCUT2D eigenvalue weighted by Gasteiger charge is 2.18. The van der Waals surface area contributed by atoms with Gasteiger partial charge in [-0.25, -0.2) is 4.98 Å². The minimum atomic E-state index is -0.187. The molecule has 0 fully saturated rings. The first-order chi connectivity index (χ1) is 16.0. The maximum Gasteiger partial charge on any atom is 0.153 e. The second kappa shape index (κ2) is 10.8. The SMILES string of the molecule is CC(C)c1ccccc1OCCCCn1c(C(C)Oc2ccc(Cl)cc2)nc2ccccc21. The van der Waals surface area contributed by atoms with E-state index in [0.29, 0.717) is 17.5 Å². The third kappa shape index (κ3) is 5.69. The monoisotopic (exact) mass is 462 g/mol. The minimum absolute atomic E-state index is 0.187. The molecule has 1 heterocycles. The molecular weight excluding hydrogens is 432 g/mol. The van der Waals surface area contributed by atoms with Gasteiger partial charge in [0.25, 0.3) is 0 Å². The molecule has 0 aliphatic rings. The molecule has 0 amide bonds. The molecule has 0 saturated heterocycles. The topological polar surface area (TPSA) is 36.3 Å². The number of aryl methyl sites for hydroxylation is 1. The molecule has 33 heavy (non-hydrogen) atoms. The van der Waals surface area contributed by atoms with Crippen molar-refractivity contribution in [3.8, 4) is 11.5 Å². The van der Waals surface area contributed by atoms with E-state index in [4.69, 9.17) is 26.1 Å². The summed E-state index contributed by atoms with van der Waals surface area (Å²) in [4.78, 5) is 4.88. The average molecular weight is 463 g/mol. The van der Waals surface area contributed by atoms with Crippen LogP contribution in [0.25, 0.3) is 11.0 Å². The van der Waals surface area contributed by atoms with E-state index in [1.54, 1.807) is 0 Å². The number of aromatic nitrogens is 2. The van der Waals surface area contributed by atoms with Crippen molar-refractivity contribution in [1.82, 2.24) is 9.55 Å². The number of imidazole rings is 1. The van der Waals surface area contributed by atoms with Crippen molar-refractivity contribution in [2.75, 3.05) is 6.61 Å². The molecule has 3 aromatic carbocycles. The van der Waals surface area contributed by atoms with Gasteiger partial charge in [-0.15, -0.1) is 0 Å². The third-order valence-electron chi connectivity index (χ3n) is 5.75. The average Bonchev–Trinajstić information content (AvgIpc) is 3.19. The zero-order valence-electron chi connectivity index (χ0n) is 19.5. The van der Waals surface area contributed by atoms with Gasteiger partial charge in [0.15, 0.2) is 11.9 Å². The van der Waals surface area contributed by atoms with Crippen molar-refractivity contribution in [1.29, 1.82) is 0 Å². The summed E-state index contributed by atoms with van der Waals surface area (Å²) in [5.74, 6) is 3.15. The van der Waals surface area contributed by atoms with E-state index in [2.05, 4.69) is 54.8 Å². The number of rotatable bonds is 10. The van der Waals surface area contributed by atoms with Crippen LogP contribution in [-0.2, 0) is 6.54 Å². The first-order valence-corrected chi connectivity index (χ1v) is 12.0. The molecule has 172 valence electrons. The summed E-state index contributed by atoms with van der Waals surface area (Å²) < 4.78 is 14.6. The lowest BCUT2D eigenvalue weighted by Gasteiger charge is -2.17. The van der Waals surface area contributed by atoms with Crippen LogP contribution in [0.5, 0.6) is 11.5 Å². The molecule has 1 aromatic heterocycles. The number of ether oxygens (including phenoxy) is 2. The van der Waals surface area contributed by atoms with Gasteiger partial charge in [-0.05, 0) is 73.7 Å².